The highest BCUT2D eigenvalue weighted by Gasteiger charge is 2.41. The molecule has 0 spiro atoms. The van der Waals surface area contributed by atoms with E-state index < -0.39 is 24.2 Å². The summed E-state index contributed by atoms with van der Waals surface area (Å²) in [6.45, 7) is 3.49. The largest absolute Gasteiger partial charge is 0.493 e. The number of nitrogens with zero attached hydrogens (tertiary/aromatic N) is 1. The van der Waals surface area contributed by atoms with Crippen LogP contribution in [0, 0.1) is 3.57 Å². The summed E-state index contributed by atoms with van der Waals surface area (Å²) in [7, 11) is 1.47. The number of allylic oxidation sites excluding steroid dienone is 1. The van der Waals surface area contributed by atoms with E-state index in [0.717, 1.165) is 5.56 Å². The average Bonchev–Trinajstić information content (AvgIpc) is 3.44. The number of carbonyl (C=O) groups excluding carboxylic acids is 2. The van der Waals surface area contributed by atoms with Gasteiger partial charge in [-0.1, -0.05) is 6.08 Å². The van der Waals surface area contributed by atoms with Crippen molar-refractivity contribution in [1.82, 2.24) is 10.2 Å². The molecule has 0 fully saturated rings. The third-order valence-electron chi connectivity index (χ3n) is 6.16. The van der Waals surface area contributed by atoms with Crippen molar-refractivity contribution in [3.63, 3.8) is 0 Å². The van der Waals surface area contributed by atoms with Crippen LogP contribution in [0.5, 0.6) is 11.5 Å². The first-order chi connectivity index (χ1) is 18.3. The second-order valence-corrected chi connectivity index (χ2v) is 9.93. The van der Waals surface area contributed by atoms with Gasteiger partial charge in [0.15, 0.2) is 11.5 Å². The van der Waals surface area contributed by atoms with Crippen LogP contribution in [0.2, 0.25) is 0 Å². The number of nitrogens with one attached hydrogen (secondary N) is 1. The standard InChI is InChI=1S/C27H33IN2O8/c1-3-4-5-24(33)30(14-17-6-9-37-16-17)21-12-19(27(35)29-7-8-31)13-22(25(21)34)38-26-20(28)10-18(15-32)11-23(26)36-2/h3,6,9-11,13,16,21-22,25,31-32,34H,1,4-5,7-8,12,14-15H2,2H3,(H,29,35). The third kappa shape index (κ3) is 7.37. The van der Waals surface area contributed by atoms with Crippen molar-refractivity contribution in [2.45, 2.75) is 50.7 Å². The van der Waals surface area contributed by atoms with Crippen LogP contribution in [-0.4, -0.2) is 70.5 Å². The Bertz CT molecular complexity index is 1130. The highest BCUT2D eigenvalue weighted by atomic mass is 127. The molecule has 0 saturated carbocycles. The van der Waals surface area contributed by atoms with E-state index in [0.29, 0.717) is 32.6 Å². The molecule has 3 atom stereocenters. The van der Waals surface area contributed by atoms with Crippen LogP contribution < -0.4 is 14.8 Å². The molecule has 4 N–H and O–H groups in total. The van der Waals surface area contributed by atoms with Crippen molar-refractivity contribution >= 4 is 34.4 Å². The molecular weight excluding hydrogens is 607 g/mol. The SMILES string of the molecule is C=CCCC(=O)N(Cc1ccoc1)C1CC(C(=O)NCCO)=CC(Oc2c(I)cc(CO)cc2OC)C1O. The monoisotopic (exact) mass is 640 g/mol. The minimum absolute atomic E-state index is 0.0558. The number of furan rings is 1. The molecule has 38 heavy (non-hydrogen) atoms. The summed E-state index contributed by atoms with van der Waals surface area (Å²) in [5.74, 6) is 0.0435. The van der Waals surface area contributed by atoms with E-state index in [2.05, 4.69) is 11.9 Å². The normalized spacial score (nSPS) is 18.9. The number of aliphatic hydroxyl groups excluding tert-OH is 3. The van der Waals surface area contributed by atoms with Crippen LogP contribution in [0.4, 0.5) is 0 Å². The molecule has 10 nitrogen and oxygen atoms in total. The van der Waals surface area contributed by atoms with E-state index in [1.807, 2.05) is 22.6 Å². The lowest BCUT2D eigenvalue weighted by Gasteiger charge is -2.40. The van der Waals surface area contributed by atoms with Gasteiger partial charge in [0.05, 0.1) is 42.5 Å². The first kappa shape index (κ1) is 29.7. The fourth-order valence-electron chi connectivity index (χ4n) is 4.23. The number of aliphatic hydroxyl groups is 3. The molecule has 1 aliphatic rings. The number of halogens is 1. The molecule has 0 radical (unpaired) electrons. The Morgan fingerprint density at radius 3 is 2.74 bits per heavy atom. The van der Waals surface area contributed by atoms with Crippen LogP contribution in [0.1, 0.15) is 30.4 Å². The van der Waals surface area contributed by atoms with Gasteiger partial charge in [-0.15, -0.1) is 6.58 Å². The summed E-state index contributed by atoms with van der Waals surface area (Å²) in [6, 6.07) is 4.30. The van der Waals surface area contributed by atoms with Gasteiger partial charge in [-0.2, -0.15) is 0 Å². The number of ether oxygens (including phenoxy) is 2. The Balaban J connectivity index is 2.01. The summed E-state index contributed by atoms with van der Waals surface area (Å²) in [4.78, 5) is 27.8. The Hall–Kier alpha value is -2.87. The Morgan fingerprint density at radius 2 is 2.11 bits per heavy atom. The van der Waals surface area contributed by atoms with Gasteiger partial charge in [0.25, 0.3) is 0 Å². The van der Waals surface area contributed by atoms with Gasteiger partial charge in [0, 0.05) is 37.1 Å². The van der Waals surface area contributed by atoms with Gasteiger partial charge in [0.1, 0.15) is 12.2 Å². The predicted molar refractivity (Wildman–Crippen MR) is 147 cm³/mol. The smallest absolute Gasteiger partial charge is 0.247 e. The zero-order chi connectivity index (χ0) is 27.7. The molecule has 11 heteroatoms. The van der Waals surface area contributed by atoms with Gasteiger partial charge in [-0.25, -0.2) is 0 Å². The van der Waals surface area contributed by atoms with E-state index in [1.165, 1.54) is 25.7 Å². The Labute approximate surface area is 235 Å². The number of amides is 2. The second kappa shape index (κ2) is 14.3. The van der Waals surface area contributed by atoms with Crippen LogP contribution in [0.3, 0.4) is 0 Å². The maximum absolute atomic E-state index is 13.3. The Morgan fingerprint density at radius 1 is 1.32 bits per heavy atom. The van der Waals surface area contributed by atoms with Gasteiger partial charge in [0.2, 0.25) is 11.8 Å². The lowest BCUT2D eigenvalue weighted by molar-refractivity contribution is -0.139. The number of rotatable bonds is 13. The van der Waals surface area contributed by atoms with Crippen LogP contribution in [0.25, 0.3) is 0 Å². The minimum Gasteiger partial charge on any atom is -0.493 e. The van der Waals surface area contributed by atoms with Gasteiger partial charge >= 0.3 is 0 Å². The molecule has 1 aromatic heterocycles. The second-order valence-electron chi connectivity index (χ2n) is 8.76. The fraction of sp³-hybridized carbons (Fsp3) is 0.407. The van der Waals surface area contributed by atoms with Crippen LogP contribution >= 0.6 is 22.6 Å². The highest BCUT2D eigenvalue weighted by molar-refractivity contribution is 14.1. The quantitative estimate of drug-likeness (QED) is 0.193. The first-order valence-corrected chi connectivity index (χ1v) is 13.2. The van der Waals surface area contributed by atoms with Crippen molar-refractivity contribution in [3.05, 3.63) is 69.7 Å². The van der Waals surface area contributed by atoms with Gasteiger partial charge in [-0.3, -0.25) is 9.59 Å². The van der Waals surface area contributed by atoms with Gasteiger partial charge in [-0.05, 0) is 58.9 Å². The highest BCUT2D eigenvalue weighted by Crippen LogP contribution is 2.37. The number of hydrogen-bond acceptors (Lipinski definition) is 8. The molecule has 1 aliphatic carbocycles. The molecule has 2 amide bonds. The first-order valence-electron chi connectivity index (χ1n) is 12.2. The van der Waals surface area contributed by atoms with Crippen LogP contribution in [0.15, 0.2) is 59.4 Å². The zero-order valence-corrected chi connectivity index (χ0v) is 23.3. The number of hydrogen-bond donors (Lipinski definition) is 4. The predicted octanol–water partition coefficient (Wildman–Crippen LogP) is 2.30. The summed E-state index contributed by atoms with van der Waals surface area (Å²) in [5, 5.41) is 32.9. The molecule has 0 aliphatic heterocycles. The van der Waals surface area contributed by atoms with Gasteiger partial charge < -0.3 is 39.4 Å². The molecule has 3 rings (SSSR count). The molecule has 206 valence electrons. The number of methoxy groups -OCH3 is 1. The number of carbonyl (C=O) groups is 2. The van der Waals surface area contributed by atoms with E-state index in [1.54, 1.807) is 29.2 Å². The topological polar surface area (TPSA) is 142 Å². The lowest BCUT2D eigenvalue weighted by atomic mass is 9.87. The summed E-state index contributed by atoms with van der Waals surface area (Å²) < 4.78 is 17.5. The average molecular weight is 640 g/mol. The lowest BCUT2D eigenvalue weighted by Crippen LogP contribution is -2.54. The van der Waals surface area contributed by atoms with E-state index in [4.69, 9.17) is 13.9 Å². The molecule has 1 aromatic carbocycles. The summed E-state index contributed by atoms with van der Waals surface area (Å²) >= 11 is 2.05. The minimum atomic E-state index is -1.19. The molecule has 2 aromatic rings. The molecular formula is C27H33IN2O8. The van der Waals surface area contributed by atoms with E-state index >= 15 is 0 Å². The van der Waals surface area contributed by atoms with Crippen molar-refractivity contribution in [2.24, 2.45) is 0 Å². The van der Waals surface area contributed by atoms with E-state index in [-0.39, 0.29) is 45.1 Å². The molecule has 1 heterocycles. The van der Waals surface area contributed by atoms with E-state index in [9.17, 15) is 24.9 Å². The third-order valence-corrected chi connectivity index (χ3v) is 6.96. The van der Waals surface area contributed by atoms with Crippen molar-refractivity contribution < 1.29 is 38.8 Å². The summed E-state index contributed by atoms with van der Waals surface area (Å²) in [5.41, 5.74) is 1.67. The molecule has 3 unspecified atom stereocenters. The molecule has 0 saturated heterocycles. The number of benzene rings is 1. The van der Waals surface area contributed by atoms with Crippen LogP contribution in [-0.2, 0) is 22.7 Å². The zero-order valence-electron chi connectivity index (χ0n) is 21.1. The molecule has 0 bridgehead atoms. The maximum atomic E-state index is 13.3. The Kier molecular flexibility index (Phi) is 11.2. The maximum Gasteiger partial charge on any atom is 0.247 e. The van der Waals surface area contributed by atoms with Crippen molar-refractivity contribution in [1.29, 1.82) is 0 Å². The van der Waals surface area contributed by atoms with Crippen molar-refractivity contribution in [3.8, 4) is 11.5 Å². The summed E-state index contributed by atoms with van der Waals surface area (Å²) in [6.07, 6.45) is 4.72. The van der Waals surface area contributed by atoms with Crippen molar-refractivity contribution in [2.75, 3.05) is 20.3 Å². The fourth-order valence-corrected chi connectivity index (χ4v) is 5.03.